The van der Waals surface area contributed by atoms with E-state index in [9.17, 15) is 14.7 Å². The minimum absolute atomic E-state index is 0.123. The second kappa shape index (κ2) is 40.0. The molecule has 0 aliphatic rings. The van der Waals surface area contributed by atoms with Gasteiger partial charge in [-0.15, -0.1) is 0 Å². The lowest BCUT2D eigenvalue weighted by Gasteiger charge is -2.15. The van der Waals surface area contributed by atoms with E-state index < -0.39 is 6.10 Å². The van der Waals surface area contributed by atoms with Crippen LogP contribution in [0.3, 0.4) is 0 Å². The van der Waals surface area contributed by atoms with Crippen LogP contribution in [0, 0.1) is 0 Å². The van der Waals surface area contributed by atoms with Gasteiger partial charge in [0.1, 0.15) is 6.61 Å². The van der Waals surface area contributed by atoms with Crippen molar-refractivity contribution < 1.29 is 24.2 Å². The molecule has 5 nitrogen and oxygen atoms in total. The number of hydrogen-bond acceptors (Lipinski definition) is 5. The Kier molecular flexibility index (Phi) is 37.2. The van der Waals surface area contributed by atoms with Crippen molar-refractivity contribution in [2.45, 2.75) is 148 Å². The van der Waals surface area contributed by atoms with Gasteiger partial charge >= 0.3 is 11.9 Å². The van der Waals surface area contributed by atoms with Crippen molar-refractivity contribution in [3.05, 3.63) is 109 Å². The molecule has 50 heavy (non-hydrogen) atoms. The standard InChI is InChI=1S/C45H70O5/c1-3-5-7-9-11-13-15-17-19-21-22-24-25-27-29-31-33-35-37-39-44(47)49-42-43(41-46)50-45(48)40-38-36-34-32-30-28-26-23-20-18-16-14-12-10-8-6-4-2/h5,7,11-14,17-20,22,24,26-29,33,35,43,46H,3-4,6,8-10,15-16,21,23,25,30-32,34,36-42H2,1-2H3. The number of unbranched alkanes of at least 4 members (excludes halogenated alkanes) is 7. The molecular formula is C45H70O5. The van der Waals surface area contributed by atoms with Crippen molar-refractivity contribution in [3.8, 4) is 0 Å². The van der Waals surface area contributed by atoms with Gasteiger partial charge in [-0.2, -0.15) is 0 Å². The molecule has 1 unspecified atom stereocenters. The summed E-state index contributed by atoms with van der Waals surface area (Å²) in [5.41, 5.74) is 0. The predicted octanol–water partition coefficient (Wildman–Crippen LogP) is 12.3. The normalized spacial score (nSPS) is 13.4. The minimum Gasteiger partial charge on any atom is -0.462 e. The highest BCUT2D eigenvalue weighted by Gasteiger charge is 2.15. The first kappa shape index (κ1) is 46.6. The van der Waals surface area contributed by atoms with Crippen LogP contribution in [0.1, 0.15) is 142 Å². The van der Waals surface area contributed by atoms with Crippen LogP contribution < -0.4 is 0 Å². The maximum absolute atomic E-state index is 12.2. The van der Waals surface area contributed by atoms with Crippen molar-refractivity contribution in [2.24, 2.45) is 0 Å². The number of esters is 2. The van der Waals surface area contributed by atoms with E-state index in [1.165, 1.54) is 25.7 Å². The van der Waals surface area contributed by atoms with Crippen LogP contribution in [-0.4, -0.2) is 36.4 Å². The summed E-state index contributed by atoms with van der Waals surface area (Å²) in [4.78, 5) is 24.2. The van der Waals surface area contributed by atoms with Gasteiger partial charge in [0.25, 0.3) is 0 Å². The average Bonchev–Trinajstić information content (AvgIpc) is 3.12. The first-order chi connectivity index (χ1) is 24.6. The van der Waals surface area contributed by atoms with Gasteiger partial charge in [-0.3, -0.25) is 9.59 Å². The van der Waals surface area contributed by atoms with E-state index in [1.807, 2.05) is 12.2 Å². The zero-order valence-corrected chi connectivity index (χ0v) is 31.6. The lowest BCUT2D eigenvalue weighted by molar-refractivity contribution is -0.161. The molecule has 0 radical (unpaired) electrons. The molecule has 1 atom stereocenters. The zero-order valence-electron chi connectivity index (χ0n) is 31.6. The summed E-state index contributed by atoms with van der Waals surface area (Å²) >= 11 is 0. The smallest absolute Gasteiger partial charge is 0.306 e. The Bertz CT molecular complexity index is 1050. The van der Waals surface area contributed by atoms with Gasteiger partial charge in [0.05, 0.1) is 6.61 Å². The number of allylic oxidation sites excluding steroid dienone is 18. The van der Waals surface area contributed by atoms with E-state index in [1.54, 1.807) is 0 Å². The first-order valence-electron chi connectivity index (χ1n) is 19.4. The summed E-state index contributed by atoms with van der Waals surface area (Å²) in [5.74, 6) is -0.727. The maximum Gasteiger partial charge on any atom is 0.306 e. The maximum atomic E-state index is 12.2. The fraction of sp³-hybridized carbons (Fsp3) is 0.556. The van der Waals surface area contributed by atoms with E-state index in [-0.39, 0.29) is 31.6 Å². The van der Waals surface area contributed by atoms with E-state index >= 15 is 0 Å². The Morgan fingerprint density at radius 1 is 0.480 bits per heavy atom. The van der Waals surface area contributed by atoms with Gasteiger partial charge in [0.2, 0.25) is 0 Å². The van der Waals surface area contributed by atoms with Crippen molar-refractivity contribution in [1.29, 1.82) is 0 Å². The quantitative estimate of drug-likeness (QED) is 0.0421. The molecule has 0 aliphatic heterocycles. The lowest BCUT2D eigenvalue weighted by Crippen LogP contribution is -2.28. The minimum atomic E-state index is -0.821. The average molecular weight is 691 g/mol. The highest BCUT2D eigenvalue weighted by atomic mass is 16.6. The summed E-state index contributed by atoms with van der Waals surface area (Å²) in [7, 11) is 0. The fourth-order valence-corrected chi connectivity index (χ4v) is 4.64. The first-order valence-corrected chi connectivity index (χ1v) is 19.4. The van der Waals surface area contributed by atoms with E-state index in [0.717, 1.165) is 83.5 Å². The second-order valence-electron chi connectivity index (χ2n) is 12.3. The molecule has 0 fully saturated rings. The molecule has 0 aliphatic carbocycles. The predicted molar refractivity (Wildman–Crippen MR) is 214 cm³/mol. The Balaban J connectivity index is 3.78. The van der Waals surface area contributed by atoms with Gasteiger partial charge in [-0.25, -0.2) is 0 Å². The van der Waals surface area contributed by atoms with Crippen LogP contribution in [0.5, 0.6) is 0 Å². The number of ether oxygens (including phenoxy) is 2. The van der Waals surface area contributed by atoms with E-state index in [2.05, 4.69) is 111 Å². The number of aliphatic hydroxyl groups is 1. The second-order valence-corrected chi connectivity index (χ2v) is 12.3. The van der Waals surface area contributed by atoms with Crippen LogP contribution >= 0.6 is 0 Å². The molecule has 1 N–H and O–H groups in total. The molecule has 0 aromatic heterocycles. The molecule has 0 aromatic carbocycles. The third-order valence-electron chi connectivity index (χ3n) is 7.56. The number of hydrogen-bond donors (Lipinski definition) is 1. The van der Waals surface area contributed by atoms with E-state index in [0.29, 0.717) is 12.8 Å². The van der Waals surface area contributed by atoms with Gasteiger partial charge in [0, 0.05) is 12.8 Å². The SMILES string of the molecule is CCC=CCC=CCC=CCC=CCC=CCC=CCCC(=O)OCC(CO)OC(=O)CCCCCCC=CCC=CCC=CCCCCC. The molecule has 0 saturated heterocycles. The third-order valence-corrected chi connectivity index (χ3v) is 7.56. The van der Waals surface area contributed by atoms with Crippen molar-refractivity contribution >= 4 is 11.9 Å². The Hall–Kier alpha value is -3.44. The third kappa shape index (κ3) is 37.4. The van der Waals surface area contributed by atoms with Crippen molar-refractivity contribution in [1.82, 2.24) is 0 Å². The van der Waals surface area contributed by atoms with Crippen LogP contribution in [0.2, 0.25) is 0 Å². The fourth-order valence-electron chi connectivity index (χ4n) is 4.64. The zero-order chi connectivity index (χ0) is 36.4. The molecule has 0 aromatic rings. The van der Waals surface area contributed by atoms with E-state index in [4.69, 9.17) is 9.47 Å². The molecule has 0 spiro atoms. The van der Waals surface area contributed by atoms with Crippen LogP contribution in [0.4, 0.5) is 0 Å². The van der Waals surface area contributed by atoms with Crippen LogP contribution in [-0.2, 0) is 19.1 Å². The monoisotopic (exact) mass is 691 g/mol. The summed E-state index contributed by atoms with van der Waals surface area (Å²) in [6, 6.07) is 0. The summed E-state index contributed by atoms with van der Waals surface area (Å²) in [6.07, 6.45) is 57.2. The summed E-state index contributed by atoms with van der Waals surface area (Å²) in [5, 5.41) is 9.54. The summed E-state index contributed by atoms with van der Waals surface area (Å²) < 4.78 is 10.5. The lowest BCUT2D eigenvalue weighted by atomic mass is 10.1. The molecule has 0 heterocycles. The number of carbonyl (C=O) groups excluding carboxylic acids is 2. The molecule has 0 rings (SSSR count). The Morgan fingerprint density at radius 2 is 0.900 bits per heavy atom. The van der Waals surface area contributed by atoms with Crippen LogP contribution in [0.25, 0.3) is 0 Å². The molecule has 280 valence electrons. The van der Waals surface area contributed by atoms with Gasteiger partial charge < -0.3 is 14.6 Å². The van der Waals surface area contributed by atoms with Crippen molar-refractivity contribution in [2.75, 3.05) is 13.2 Å². The highest BCUT2D eigenvalue weighted by molar-refractivity contribution is 5.70. The molecular weight excluding hydrogens is 620 g/mol. The number of aliphatic hydroxyl groups excluding tert-OH is 1. The molecule has 0 saturated carbocycles. The largest absolute Gasteiger partial charge is 0.462 e. The van der Waals surface area contributed by atoms with Gasteiger partial charge in [0.15, 0.2) is 6.10 Å². The molecule has 0 bridgehead atoms. The Labute approximate surface area is 306 Å². The number of rotatable bonds is 33. The van der Waals surface area contributed by atoms with Gasteiger partial charge in [-0.05, 0) is 89.9 Å². The Morgan fingerprint density at radius 3 is 1.36 bits per heavy atom. The number of carbonyl (C=O) groups is 2. The highest BCUT2D eigenvalue weighted by Crippen LogP contribution is 2.09. The van der Waals surface area contributed by atoms with Crippen LogP contribution in [0.15, 0.2) is 109 Å². The van der Waals surface area contributed by atoms with Gasteiger partial charge in [-0.1, -0.05) is 149 Å². The molecule has 0 amide bonds. The summed E-state index contributed by atoms with van der Waals surface area (Å²) in [6.45, 7) is 3.88. The van der Waals surface area contributed by atoms with Crippen molar-refractivity contribution in [3.63, 3.8) is 0 Å². The topological polar surface area (TPSA) is 72.8 Å². The molecule has 5 heteroatoms.